The molecule has 1 aromatic heterocycles. The van der Waals surface area contributed by atoms with Gasteiger partial charge in [-0.3, -0.25) is 4.79 Å². The number of hydrogen-bond donors (Lipinski definition) is 3. The van der Waals surface area contributed by atoms with Crippen LogP contribution in [0.3, 0.4) is 0 Å². The van der Waals surface area contributed by atoms with Gasteiger partial charge in [-0.05, 0) is 40.2 Å². The van der Waals surface area contributed by atoms with Gasteiger partial charge in [-0.25, -0.2) is 18.2 Å². The molecule has 0 radical (unpaired) electrons. The summed E-state index contributed by atoms with van der Waals surface area (Å²) >= 11 is 5.90. The summed E-state index contributed by atoms with van der Waals surface area (Å²) in [6.45, 7) is 5.53. The molecule has 1 aliphatic carbocycles. The third-order valence-electron chi connectivity index (χ3n) is 4.61. The topological polar surface area (TPSA) is 83.5 Å². The standard InChI is InChI=1S/C19H27ClF3N3O3/c1-10(2)29-15-5-11(7-19(15,22)23)26-13-6-16(20)24-8-12(13)17(27)25-9-14(21)18(3,4)28/h6,8,10-11,14-15,28H,5,7,9H2,1-4H3,(H,24,26)(H,25,27)/t11?,14-,15?/m1/s1. The SMILES string of the molecule is CC(C)OC1CC(Nc2cc(Cl)ncc2C(=O)NC[C@@H](F)C(C)(C)O)CC1(F)F. The van der Waals surface area contributed by atoms with Gasteiger partial charge in [0.05, 0.1) is 29.5 Å². The van der Waals surface area contributed by atoms with E-state index in [1.54, 1.807) is 13.8 Å². The molecule has 6 nitrogen and oxygen atoms in total. The molecule has 0 aliphatic heterocycles. The summed E-state index contributed by atoms with van der Waals surface area (Å²) in [5, 5.41) is 15.0. The van der Waals surface area contributed by atoms with Gasteiger partial charge in [0.15, 0.2) is 0 Å². The molecule has 2 unspecified atom stereocenters. The number of alkyl halides is 3. The zero-order chi connectivity index (χ0) is 22.0. The molecule has 3 atom stereocenters. The highest BCUT2D eigenvalue weighted by molar-refractivity contribution is 6.29. The summed E-state index contributed by atoms with van der Waals surface area (Å²) in [5.74, 6) is -3.67. The first-order valence-corrected chi connectivity index (χ1v) is 9.77. The number of hydrogen-bond acceptors (Lipinski definition) is 5. The number of anilines is 1. The molecule has 164 valence electrons. The van der Waals surface area contributed by atoms with Gasteiger partial charge in [0.25, 0.3) is 11.8 Å². The normalized spacial score (nSPS) is 22.6. The lowest BCUT2D eigenvalue weighted by Gasteiger charge is -2.23. The fourth-order valence-electron chi connectivity index (χ4n) is 3.05. The number of carbonyl (C=O) groups is 1. The quantitative estimate of drug-likeness (QED) is 0.541. The van der Waals surface area contributed by atoms with Crippen molar-refractivity contribution in [1.82, 2.24) is 10.3 Å². The number of nitrogens with one attached hydrogen (secondary N) is 2. The van der Waals surface area contributed by atoms with Crippen LogP contribution in [0.1, 0.15) is 50.9 Å². The number of ether oxygens (including phenoxy) is 1. The predicted octanol–water partition coefficient (Wildman–Crippen LogP) is 3.58. The zero-order valence-corrected chi connectivity index (χ0v) is 17.6. The van der Waals surface area contributed by atoms with Crippen LogP contribution in [0, 0.1) is 0 Å². The number of aliphatic hydroxyl groups is 1. The van der Waals surface area contributed by atoms with E-state index in [2.05, 4.69) is 15.6 Å². The second-order valence-corrected chi connectivity index (χ2v) is 8.49. The van der Waals surface area contributed by atoms with Crippen LogP contribution in [0.5, 0.6) is 0 Å². The molecule has 0 spiro atoms. The lowest BCUT2D eigenvalue weighted by molar-refractivity contribution is -0.133. The van der Waals surface area contributed by atoms with E-state index in [1.807, 2.05) is 0 Å². The number of carbonyl (C=O) groups excluding carboxylic acids is 1. The first-order chi connectivity index (χ1) is 13.3. The Kier molecular flexibility index (Phi) is 7.40. The average molecular weight is 438 g/mol. The van der Waals surface area contributed by atoms with E-state index < -0.39 is 48.7 Å². The van der Waals surface area contributed by atoms with Gasteiger partial charge in [-0.2, -0.15) is 0 Å². The van der Waals surface area contributed by atoms with Crippen LogP contribution in [-0.4, -0.2) is 58.5 Å². The Morgan fingerprint density at radius 2 is 2.14 bits per heavy atom. The zero-order valence-electron chi connectivity index (χ0n) is 16.8. The second-order valence-electron chi connectivity index (χ2n) is 8.10. The maximum atomic E-state index is 14.2. The van der Waals surface area contributed by atoms with Gasteiger partial charge in [-0.15, -0.1) is 0 Å². The van der Waals surface area contributed by atoms with Crippen molar-refractivity contribution < 1.29 is 27.8 Å². The van der Waals surface area contributed by atoms with E-state index >= 15 is 0 Å². The van der Waals surface area contributed by atoms with E-state index in [9.17, 15) is 23.1 Å². The number of rotatable bonds is 8. The van der Waals surface area contributed by atoms with Crippen molar-refractivity contribution in [2.24, 2.45) is 0 Å². The smallest absolute Gasteiger partial charge is 0.275 e. The number of amides is 1. The van der Waals surface area contributed by atoms with Gasteiger partial charge in [0.1, 0.15) is 17.4 Å². The maximum Gasteiger partial charge on any atom is 0.275 e. The van der Waals surface area contributed by atoms with Crippen molar-refractivity contribution in [3.63, 3.8) is 0 Å². The molecule has 29 heavy (non-hydrogen) atoms. The lowest BCUT2D eigenvalue weighted by Crippen LogP contribution is -2.42. The molecule has 0 bridgehead atoms. The molecule has 2 rings (SSSR count). The summed E-state index contributed by atoms with van der Waals surface area (Å²) in [7, 11) is 0. The van der Waals surface area contributed by atoms with Crippen LogP contribution in [0.15, 0.2) is 12.3 Å². The minimum atomic E-state index is -3.00. The van der Waals surface area contributed by atoms with Crippen LogP contribution in [0.4, 0.5) is 18.9 Å². The number of nitrogens with zero attached hydrogens (tertiary/aromatic N) is 1. The molecule has 1 aliphatic rings. The maximum absolute atomic E-state index is 14.2. The molecule has 1 fully saturated rings. The Balaban J connectivity index is 2.12. The Hall–Kier alpha value is -1.58. The van der Waals surface area contributed by atoms with Crippen molar-refractivity contribution in [2.45, 2.75) is 76.5 Å². The molecular formula is C19H27ClF3N3O3. The van der Waals surface area contributed by atoms with Gasteiger partial charge < -0.3 is 20.5 Å². The molecule has 10 heteroatoms. The minimum absolute atomic E-state index is 0.0360. The van der Waals surface area contributed by atoms with Crippen molar-refractivity contribution in [3.05, 3.63) is 23.0 Å². The van der Waals surface area contributed by atoms with Crippen LogP contribution < -0.4 is 10.6 Å². The Morgan fingerprint density at radius 1 is 1.48 bits per heavy atom. The first-order valence-electron chi connectivity index (χ1n) is 9.39. The molecule has 1 amide bonds. The predicted molar refractivity (Wildman–Crippen MR) is 104 cm³/mol. The van der Waals surface area contributed by atoms with Gasteiger partial charge in [-0.1, -0.05) is 11.6 Å². The summed E-state index contributed by atoms with van der Waals surface area (Å²) < 4.78 is 47.7. The highest BCUT2D eigenvalue weighted by atomic mass is 35.5. The van der Waals surface area contributed by atoms with E-state index in [4.69, 9.17) is 16.3 Å². The van der Waals surface area contributed by atoms with Crippen LogP contribution in [-0.2, 0) is 4.74 Å². The summed E-state index contributed by atoms with van der Waals surface area (Å²) in [4.78, 5) is 16.3. The molecule has 1 heterocycles. The number of halogens is 4. The molecule has 0 aromatic carbocycles. The molecule has 0 saturated heterocycles. The fourth-order valence-corrected chi connectivity index (χ4v) is 3.20. The van der Waals surface area contributed by atoms with Crippen molar-refractivity contribution in [2.75, 3.05) is 11.9 Å². The van der Waals surface area contributed by atoms with Gasteiger partial charge in [0, 0.05) is 18.7 Å². The van der Waals surface area contributed by atoms with E-state index in [0.29, 0.717) is 0 Å². The van der Waals surface area contributed by atoms with E-state index in [0.717, 1.165) is 0 Å². The summed E-state index contributed by atoms with van der Waals surface area (Å²) in [5.41, 5.74) is -1.37. The summed E-state index contributed by atoms with van der Waals surface area (Å²) in [6.07, 6.45) is -2.48. The third-order valence-corrected chi connectivity index (χ3v) is 4.81. The fraction of sp³-hybridized carbons (Fsp3) is 0.684. The highest BCUT2D eigenvalue weighted by Gasteiger charge is 2.50. The Bertz CT molecular complexity index is 728. The largest absolute Gasteiger partial charge is 0.387 e. The molecule has 3 N–H and O–H groups in total. The van der Waals surface area contributed by atoms with Gasteiger partial charge in [0.2, 0.25) is 0 Å². The first kappa shape index (κ1) is 23.7. The van der Waals surface area contributed by atoms with Crippen molar-refractivity contribution >= 4 is 23.2 Å². The van der Waals surface area contributed by atoms with Crippen LogP contribution >= 0.6 is 11.6 Å². The minimum Gasteiger partial charge on any atom is -0.387 e. The Morgan fingerprint density at radius 3 is 2.72 bits per heavy atom. The monoisotopic (exact) mass is 437 g/mol. The number of pyridine rings is 1. The summed E-state index contributed by atoms with van der Waals surface area (Å²) in [6, 6.07) is 0.706. The third kappa shape index (κ3) is 6.45. The van der Waals surface area contributed by atoms with Crippen molar-refractivity contribution in [3.8, 4) is 0 Å². The lowest BCUT2D eigenvalue weighted by atomic mass is 10.0. The van der Waals surface area contributed by atoms with Crippen molar-refractivity contribution in [1.29, 1.82) is 0 Å². The second kappa shape index (κ2) is 9.06. The molecule has 1 aromatic rings. The Labute approximate surface area is 173 Å². The molecule has 1 saturated carbocycles. The highest BCUT2D eigenvalue weighted by Crippen LogP contribution is 2.39. The van der Waals surface area contributed by atoms with Crippen LogP contribution in [0.2, 0.25) is 5.15 Å². The van der Waals surface area contributed by atoms with E-state index in [-0.39, 0.29) is 28.9 Å². The average Bonchev–Trinajstić information content (AvgIpc) is 2.84. The van der Waals surface area contributed by atoms with E-state index in [1.165, 1.54) is 26.1 Å². The molecular weight excluding hydrogens is 411 g/mol. The van der Waals surface area contributed by atoms with Gasteiger partial charge >= 0.3 is 0 Å². The van der Waals surface area contributed by atoms with Crippen LogP contribution in [0.25, 0.3) is 0 Å². The number of aromatic nitrogens is 1.